The first kappa shape index (κ1) is 12.9. The summed E-state index contributed by atoms with van der Waals surface area (Å²) < 4.78 is 1.55. The smallest absolute Gasteiger partial charge is 0.271 e. The molecular formula is C13H13N3O3. The third kappa shape index (κ3) is 2.24. The molecule has 2 aromatic rings. The minimum absolute atomic E-state index is 0.00516. The molecule has 98 valence electrons. The second kappa shape index (κ2) is 4.64. The van der Waals surface area contributed by atoms with Crippen molar-refractivity contribution < 1.29 is 9.72 Å². The first-order valence-electron chi connectivity index (χ1n) is 5.74. The lowest BCUT2D eigenvalue weighted by Gasteiger charge is -2.04. The predicted octanol–water partition coefficient (Wildman–Crippen LogP) is 2.60. The molecule has 2 rings (SSSR count). The minimum atomic E-state index is -0.457. The predicted molar refractivity (Wildman–Crippen MR) is 69.7 cm³/mol. The fourth-order valence-corrected chi connectivity index (χ4v) is 2.14. The Balaban J connectivity index is 2.60. The zero-order valence-corrected chi connectivity index (χ0v) is 10.9. The lowest BCUT2D eigenvalue weighted by atomic mass is 10.1. The number of non-ortho nitro benzene ring substituents is 1. The molecule has 6 heteroatoms. The van der Waals surface area contributed by atoms with Crippen molar-refractivity contribution in [3.8, 4) is 5.69 Å². The quantitative estimate of drug-likeness (QED) is 0.482. The Morgan fingerprint density at radius 1 is 1.37 bits per heavy atom. The highest BCUT2D eigenvalue weighted by Gasteiger charge is 2.17. The molecule has 0 amide bonds. The second-order valence-corrected chi connectivity index (χ2v) is 4.29. The standard InChI is InChI=1S/C13H13N3O3/c1-8-13(10(3)17)9(2)15(14-8)11-5-4-6-12(7-11)16(18)19/h4-7H,1-3H3. The molecule has 0 unspecified atom stereocenters. The van der Waals surface area contributed by atoms with Crippen molar-refractivity contribution in [2.24, 2.45) is 0 Å². The van der Waals surface area contributed by atoms with Crippen molar-refractivity contribution in [1.29, 1.82) is 0 Å². The van der Waals surface area contributed by atoms with E-state index in [4.69, 9.17) is 0 Å². The fraction of sp³-hybridized carbons (Fsp3) is 0.231. The summed E-state index contributed by atoms with van der Waals surface area (Å²) in [7, 11) is 0. The molecule has 0 N–H and O–H groups in total. The molecule has 0 aliphatic rings. The molecule has 0 bridgehead atoms. The number of aryl methyl sites for hydroxylation is 1. The second-order valence-electron chi connectivity index (χ2n) is 4.29. The molecule has 6 nitrogen and oxygen atoms in total. The molecule has 1 aromatic heterocycles. The van der Waals surface area contributed by atoms with Crippen molar-refractivity contribution >= 4 is 11.5 Å². The first-order chi connectivity index (χ1) is 8.91. The van der Waals surface area contributed by atoms with E-state index in [-0.39, 0.29) is 11.5 Å². The van der Waals surface area contributed by atoms with Gasteiger partial charge in [0, 0.05) is 12.1 Å². The monoisotopic (exact) mass is 259 g/mol. The number of nitrogens with zero attached hydrogens (tertiary/aromatic N) is 3. The Labute approximate surface area is 109 Å². The SMILES string of the molecule is CC(=O)c1c(C)nn(-c2cccc([N+](=O)[O-])c2)c1C. The number of nitro benzene ring substituents is 1. The van der Waals surface area contributed by atoms with E-state index in [0.717, 1.165) is 0 Å². The lowest BCUT2D eigenvalue weighted by Crippen LogP contribution is -2.01. The molecule has 0 saturated carbocycles. The number of nitro groups is 1. The molecule has 19 heavy (non-hydrogen) atoms. The number of rotatable bonds is 3. The van der Waals surface area contributed by atoms with Gasteiger partial charge in [-0.1, -0.05) is 6.07 Å². The summed E-state index contributed by atoms with van der Waals surface area (Å²) >= 11 is 0. The maximum Gasteiger partial charge on any atom is 0.271 e. The maximum atomic E-state index is 11.5. The van der Waals surface area contributed by atoms with Gasteiger partial charge in [-0.25, -0.2) is 4.68 Å². The van der Waals surface area contributed by atoms with E-state index in [1.807, 2.05) is 0 Å². The minimum Gasteiger partial charge on any atom is -0.294 e. The van der Waals surface area contributed by atoms with Gasteiger partial charge in [-0.2, -0.15) is 5.10 Å². The van der Waals surface area contributed by atoms with Crippen LogP contribution in [-0.2, 0) is 0 Å². The molecule has 0 aliphatic heterocycles. The maximum absolute atomic E-state index is 11.5. The van der Waals surface area contributed by atoms with E-state index >= 15 is 0 Å². The van der Waals surface area contributed by atoms with Gasteiger partial charge in [0.1, 0.15) is 0 Å². The number of Topliss-reactive ketones (excluding diaryl/α,β-unsaturated/α-hetero) is 1. The third-order valence-corrected chi connectivity index (χ3v) is 2.93. The van der Waals surface area contributed by atoms with Crippen LogP contribution in [0.5, 0.6) is 0 Å². The van der Waals surface area contributed by atoms with Gasteiger partial charge in [-0.3, -0.25) is 14.9 Å². The molecule has 0 atom stereocenters. The average molecular weight is 259 g/mol. The Kier molecular flexibility index (Phi) is 3.16. The van der Waals surface area contributed by atoms with Crippen molar-refractivity contribution in [2.75, 3.05) is 0 Å². The average Bonchev–Trinajstić information content (AvgIpc) is 2.65. The molecule has 1 heterocycles. The zero-order chi connectivity index (χ0) is 14.2. The molecule has 0 aliphatic carbocycles. The van der Waals surface area contributed by atoms with Gasteiger partial charge >= 0.3 is 0 Å². The summed E-state index contributed by atoms with van der Waals surface area (Å²) in [5.74, 6) is -0.0633. The van der Waals surface area contributed by atoms with Gasteiger partial charge in [0.05, 0.1) is 27.6 Å². The van der Waals surface area contributed by atoms with Crippen LogP contribution in [0, 0.1) is 24.0 Å². The van der Waals surface area contributed by atoms with E-state index in [1.54, 1.807) is 30.7 Å². The summed E-state index contributed by atoms with van der Waals surface area (Å²) in [5, 5.41) is 15.0. The van der Waals surface area contributed by atoms with E-state index in [1.165, 1.54) is 19.1 Å². The van der Waals surface area contributed by atoms with Crippen LogP contribution >= 0.6 is 0 Å². The van der Waals surface area contributed by atoms with Crippen LogP contribution in [0.15, 0.2) is 24.3 Å². The van der Waals surface area contributed by atoms with Crippen LogP contribution in [0.2, 0.25) is 0 Å². The molecular weight excluding hydrogens is 246 g/mol. The number of hydrogen-bond acceptors (Lipinski definition) is 4. The molecule has 0 spiro atoms. The molecule has 0 radical (unpaired) electrons. The Morgan fingerprint density at radius 3 is 2.58 bits per heavy atom. The number of carbonyl (C=O) groups excluding carboxylic acids is 1. The molecule has 1 aromatic carbocycles. The summed E-state index contributed by atoms with van der Waals surface area (Å²) in [4.78, 5) is 21.9. The van der Waals surface area contributed by atoms with Crippen molar-refractivity contribution in [2.45, 2.75) is 20.8 Å². The number of hydrogen-bond donors (Lipinski definition) is 0. The van der Waals surface area contributed by atoms with Crippen LogP contribution in [-0.4, -0.2) is 20.5 Å². The molecule has 0 saturated heterocycles. The Morgan fingerprint density at radius 2 is 2.05 bits per heavy atom. The lowest BCUT2D eigenvalue weighted by molar-refractivity contribution is -0.384. The topological polar surface area (TPSA) is 78.0 Å². The summed E-state index contributed by atoms with van der Waals surface area (Å²) in [6.45, 7) is 5.00. The van der Waals surface area contributed by atoms with E-state index in [2.05, 4.69) is 5.10 Å². The van der Waals surface area contributed by atoms with Crippen LogP contribution in [0.3, 0.4) is 0 Å². The highest BCUT2D eigenvalue weighted by atomic mass is 16.6. The number of carbonyl (C=O) groups is 1. The van der Waals surface area contributed by atoms with Crippen LogP contribution in [0.1, 0.15) is 28.7 Å². The van der Waals surface area contributed by atoms with Crippen molar-refractivity contribution in [1.82, 2.24) is 9.78 Å². The fourth-order valence-electron chi connectivity index (χ4n) is 2.14. The van der Waals surface area contributed by atoms with Gasteiger partial charge in [0.25, 0.3) is 5.69 Å². The van der Waals surface area contributed by atoms with Crippen LogP contribution < -0.4 is 0 Å². The highest BCUT2D eigenvalue weighted by Crippen LogP contribution is 2.21. The largest absolute Gasteiger partial charge is 0.294 e. The zero-order valence-electron chi connectivity index (χ0n) is 10.9. The number of benzene rings is 1. The van der Waals surface area contributed by atoms with E-state index in [9.17, 15) is 14.9 Å². The van der Waals surface area contributed by atoms with Crippen molar-refractivity contribution in [3.05, 3.63) is 51.3 Å². The van der Waals surface area contributed by atoms with Crippen LogP contribution in [0.4, 0.5) is 5.69 Å². The van der Waals surface area contributed by atoms with Crippen molar-refractivity contribution in [3.63, 3.8) is 0 Å². The third-order valence-electron chi connectivity index (χ3n) is 2.93. The van der Waals surface area contributed by atoms with E-state index in [0.29, 0.717) is 22.6 Å². The molecule has 0 fully saturated rings. The Hall–Kier alpha value is -2.50. The van der Waals surface area contributed by atoms with Gasteiger partial charge in [0.15, 0.2) is 5.78 Å². The first-order valence-corrected chi connectivity index (χ1v) is 5.74. The Bertz CT molecular complexity index is 674. The van der Waals surface area contributed by atoms with Gasteiger partial charge in [-0.15, -0.1) is 0 Å². The van der Waals surface area contributed by atoms with E-state index < -0.39 is 4.92 Å². The van der Waals surface area contributed by atoms with Gasteiger partial charge in [-0.05, 0) is 26.8 Å². The summed E-state index contributed by atoms with van der Waals surface area (Å²) in [5.41, 5.74) is 2.44. The number of aromatic nitrogens is 2. The number of ketones is 1. The van der Waals surface area contributed by atoms with Crippen LogP contribution in [0.25, 0.3) is 5.69 Å². The van der Waals surface area contributed by atoms with Gasteiger partial charge < -0.3 is 0 Å². The normalized spacial score (nSPS) is 10.5. The van der Waals surface area contributed by atoms with Gasteiger partial charge in [0.2, 0.25) is 0 Å². The summed E-state index contributed by atoms with van der Waals surface area (Å²) in [6.07, 6.45) is 0. The summed E-state index contributed by atoms with van der Waals surface area (Å²) in [6, 6.07) is 6.16. The highest BCUT2D eigenvalue weighted by molar-refractivity contribution is 5.96.